The molecule has 3 amide bonds. The number of ether oxygens (including phenoxy) is 1. The second kappa shape index (κ2) is 10.1. The summed E-state index contributed by atoms with van der Waals surface area (Å²) in [6, 6.07) is 12.9. The summed E-state index contributed by atoms with van der Waals surface area (Å²) in [5.74, 6) is -0.681. The second-order valence-electron chi connectivity index (χ2n) is 8.08. The molecule has 7 nitrogen and oxygen atoms in total. The fraction of sp³-hybridized carbons (Fsp3) is 0.375. The standard InChI is InChI=1S/C24H26ClN3O4/c25-18-7-1-5-16(13-18)22(29)27-19-8-2-6-17(14-19)24(31)28-11-3-10-21(28)23(30)26-15-20-9-4-12-32-20/h1-2,5-8,13-14,20-21H,3-4,9-12,15H2,(H,26,30)(H,27,29). The van der Waals surface area contributed by atoms with Gasteiger partial charge in [-0.05, 0) is 62.1 Å². The van der Waals surface area contributed by atoms with Crippen LogP contribution >= 0.6 is 11.6 Å². The van der Waals surface area contributed by atoms with Gasteiger partial charge in [0, 0.05) is 41.5 Å². The van der Waals surface area contributed by atoms with Crippen molar-refractivity contribution in [2.75, 3.05) is 25.0 Å². The summed E-state index contributed by atoms with van der Waals surface area (Å²) in [6.07, 6.45) is 3.42. The molecule has 8 heteroatoms. The van der Waals surface area contributed by atoms with Crippen LogP contribution in [0.1, 0.15) is 46.4 Å². The Morgan fingerprint density at radius 1 is 1.03 bits per heavy atom. The molecule has 2 fully saturated rings. The number of hydrogen-bond acceptors (Lipinski definition) is 4. The van der Waals surface area contributed by atoms with Crippen molar-refractivity contribution >= 4 is 35.0 Å². The number of benzene rings is 2. The van der Waals surface area contributed by atoms with Gasteiger partial charge in [-0.25, -0.2) is 0 Å². The molecule has 2 N–H and O–H groups in total. The molecule has 4 rings (SSSR count). The van der Waals surface area contributed by atoms with Crippen molar-refractivity contribution in [2.45, 2.75) is 37.8 Å². The molecule has 0 bridgehead atoms. The van der Waals surface area contributed by atoms with Gasteiger partial charge in [0.25, 0.3) is 11.8 Å². The van der Waals surface area contributed by atoms with Crippen LogP contribution in [0.3, 0.4) is 0 Å². The maximum Gasteiger partial charge on any atom is 0.255 e. The molecule has 0 spiro atoms. The third kappa shape index (κ3) is 5.29. The van der Waals surface area contributed by atoms with Crippen molar-refractivity contribution in [1.29, 1.82) is 0 Å². The first-order valence-electron chi connectivity index (χ1n) is 10.9. The topological polar surface area (TPSA) is 87.7 Å². The van der Waals surface area contributed by atoms with Crippen LogP contribution in [0.2, 0.25) is 5.02 Å². The van der Waals surface area contributed by atoms with E-state index in [4.69, 9.17) is 16.3 Å². The van der Waals surface area contributed by atoms with Gasteiger partial charge in [-0.1, -0.05) is 23.7 Å². The number of nitrogens with one attached hydrogen (secondary N) is 2. The molecule has 2 saturated heterocycles. The number of halogens is 1. The molecule has 2 aliphatic rings. The van der Waals surface area contributed by atoms with E-state index in [1.54, 1.807) is 53.4 Å². The van der Waals surface area contributed by atoms with Gasteiger partial charge in [-0.2, -0.15) is 0 Å². The van der Waals surface area contributed by atoms with Crippen molar-refractivity contribution in [2.24, 2.45) is 0 Å². The number of nitrogens with zero attached hydrogens (tertiary/aromatic N) is 1. The zero-order chi connectivity index (χ0) is 22.5. The van der Waals surface area contributed by atoms with Crippen molar-refractivity contribution in [1.82, 2.24) is 10.2 Å². The summed E-state index contributed by atoms with van der Waals surface area (Å²) in [7, 11) is 0. The minimum atomic E-state index is -0.492. The van der Waals surface area contributed by atoms with E-state index in [9.17, 15) is 14.4 Å². The smallest absolute Gasteiger partial charge is 0.255 e. The van der Waals surface area contributed by atoms with E-state index < -0.39 is 6.04 Å². The Morgan fingerprint density at radius 3 is 2.62 bits per heavy atom. The van der Waals surface area contributed by atoms with Crippen LogP contribution in [0.5, 0.6) is 0 Å². The monoisotopic (exact) mass is 455 g/mol. The predicted molar refractivity (Wildman–Crippen MR) is 122 cm³/mol. The Kier molecular flexibility index (Phi) is 7.07. The van der Waals surface area contributed by atoms with Crippen LogP contribution < -0.4 is 10.6 Å². The highest BCUT2D eigenvalue weighted by atomic mass is 35.5. The quantitative estimate of drug-likeness (QED) is 0.698. The number of likely N-dealkylation sites (tertiary alicyclic amines) is 1. The SMILES string of the molecule is O=C(Nc1cccc(C(=O)N2CCCC2C(=O)NCC2CCCO2)c1)c1cccc(Cl)c1. The highest BCUT2D eigenvalue weighted by Crippen LogP contribution is 2.22. The molecule has 2 heterocycles. The molecule has 2 aliphatic heterocycles. The first-order valence-corrected chi connectivity index (χ1v) is 11.3. The van der Waals surface area contributed by atoms with Crippen LogP contribution in [0.25, 0.3) is 0 Å². The highest BCUT2D eigenvalue weighted by Gasteiger charge is 2.35. The van der Waals surface area contributed by atoms with E-state index in [1.807, 2.05) is 0 Å². The molecule has 2 aromatic carbocycles. The summed E-state index contributed by atoms with van der Waals surface area (Å²) in [6.45, 7) is 1.73. The van der Waals surface area contributed by atoms with E-state index in [2.05, 4.69) is 10.6 Å². The molecule has 0 aliphatic carbocycles. The predicted octanol–water partition coefficient (Wildman–Crippen LogP) is 3.49. The Bertz CT molecular complexity index is 1010. The van der Waals surface area contributed by atoms with Gasteiger partial charge in [-0.3, -0.25) is 14.4 Å². The van der Waals surface area contributed by atoms with E-state index in [-0.39, 0.29) is 23.8 Å². The van der Waals surface area contributed by atoms with Crippen LogP contribution in [-0.4, -0.2) is 54.5 Å². The van der Waals surface area contributed by atoms with Crippen LogP contribution in [0, 0.1) is 0 Å². The highest BCUT2D eigenvalue weighted by molar-refractivity contribution is 6.31. The summed E-state index contributed by atoms with van der Waals surface area (Å²) in [5.41, 5.74) is 1.35. The minimum Gasteiger partial charge on any atom is -0.376 e. The second-order valence-corrected chi connectivity index (χ2v) is 8.52. The van der Waals surface area contributed by atoms with Gasteiger partial charge in [0.05, 0.1) is 6.10 Å². The van der Waals surface area contributed by atoms with Crippen LogP contribution in [0.15, 0.2) is 48.5 Å². The Balaban J connectivity index is 1.40. The molecule has 2 atom stereocenters. The summed E-state index contributed by atoms with van der Waals surface area (Å²) < 4.78 is 5.56. The number of anilines is 1. The van der Waals surface area contributed by atoms with Crippen molar-refractivity contribution < 1.29 is 19.1 Å². The Labute approximate surface area is 192 Å². The fourth-order valence-corrected chi connectivity index (χ4v) is 4.34. The van der Waals surface area contributed by atoms with Crippen LogP contribution in [0.4, 0.5) is 5.69 Å². The first-order chi connectivity index (χ1) is 15.5. The number of amides is 3. The molecule has 2 aromatic rings. The average Bonchev–Trinajstić information content (AvgIpc) is 3.49. The molecule has 0 saturated carbocycles. The van der Waals surface area contributed by atoms with Crippen molar-refractivity contribution in [3.05, 3.63) is 64.7 Å². The van der Waals surface area contributed by atoms with Gasteiger partial charge < -0.3 is 20.3 Å². The normalized spacial score (nSPS) is 20.2. The lowest BCUT2D eigenvalue weighted by atomic mass is 10.1. The summed E-state index contributed by atoms with van der Waals surface area (Å²) >= 11 is 5.96. The first kappa shape index (κ1) is 22.3. The Hall–Kier alpha value is -2.90. The van der Waals surface area contributed by atoms with Crippen LogP contribution in [-0.2, 0) is 9.53 Å². The Morgan fingerprint density at radius 2 is 1.84 bits per heavy atom. The lowest BCUT2D eigenvalue weighted by Gasteiger charge is -2.25. The average molecular weight is 456 g/mol. The molecule has 0 radical (unpaired) electrons. The van der Waals surface area contributed by atoms with Gasteiger partial charge in [0.15, 0.2) is 0 Å². The third-order valence-electron chi connectivity index (χ3n) is 5.80. The van der Waals surface area contributed by atoms with E-state index >= 15 is 0 Å². The zero-order valence-corrected chi connectivity index (χ0v) is 18.4. The number of hydrogen-bond donors (Lipinski definition) is 2. The fourth-order valence-electron chi connectivity index (χ4n) is 4.15. The lowest BCUT2D eigenvalue weighted by Crippen LogP contribution is -2.47. The molecule has 32 heavy (non-hydrogen) atoms. The maximum absolute atomic E-state index is 13.2. The van der Waals surface area contributed by atoms with Gasteiger partial charge >= 0.3 is 0 Å². The van der Waals surface area contributed by atoms with E-state index in [1.165, 1.54) is 0 Å². The summed E-state index contributed by atoms with van der Waals surface area (Å²) in [5, 5.41) is 6.20. The lowest BCUT2D eigenvalue weighted by molar-refractivity contribution is -0.125. The molecule has 2 unspecified atom stereocenters. The largest absolute Gasteiger partial charge is 0.376 e. The molecule has 0 aromatic heterocycles. The number of rotatable bonds is 6. The van der Waals surface area contributed by atoms with Crippen molar-refractivity contribution in [3.8, 4) is 0 Å². The minimum absolute atomic E-state index is 0.0595. The van der Waals surface area contributed by atoms with E-state index in [0.717, 1.165) is 25.9 Å². The number of carbonyl (C=O) groups excluding carboxylic acids is 3. The molecule has 168 valence electrons. The van der Waals surface area contributed by atoms with E-state index in [0.29, 0.717) is 41.3 Å². The zero-order valence-electron chi connectivity index (χ0n) is 17.7. The van der Waals surface area contributed by atoms with Gasteiger partial charge in [-0.15, -0.1) is 0 Å². The molecular weight excluding hydrogens is 430 g/mol. The number of carbonyl (C=O) groups is 3. The van der Waals surface area contributed by atoms with Crippen molar-refractivity contribution in [3.63, 3.8) is 0 Å². The molecular formula is C24H26ClN3O4. The third-order valence-corrected chi connectivity index (χ3v) is 6.03. The maximum atomic E-state index is 13.2. The van der Waals surface area contributed by atoms with Gasteiger partial charge in [0.2, 0.25) is 5.91 Å². The summed E-state index contributed by atoms with van der Waals surface area (Å²) in [4.78, 5) is 40.0. The van der Waals surface area contributed by atoms with Gasteiger partial charge in [0.1, 0.15) is 6.04 Å².